The minimum absolute atomic E-state index is 0.176. The molecule has 0 aliphatic carbocycles. The summed E-state index contributed by atoms with van der Waals surface area (Å²) in [6.07, 6.45) is -39.3. The Morgan fingerprint density at radius 2 is 0.698 bits per heavy atom. The number of alkyl halides is 24. The Morgan fingerprint density at radius 3 is 0.930 bits per heavy atom. The van der Waals surface area contributed by atoms with Crippen LogP contribution in [0, 0.1) is 0 Å². The van der Waals surface area contributed by atoms with E-state index in [1.807, 2.05) is 0 Å². The fraction of sp³-hybridized carbons (Fsp3) is 0.800. The third-order valence-electron chi connectivity index (χ3n) is 3.90. The first kappa shape index (κ1) is 42.6. The molecule has 0 aliphatic heterocycles. The molecule has 43 heavy (non-hydrogen) atoms. The largest absolute Gasteiger partial charge is 0.527 e. The Kier molecular flexibility index (Phi) is 11.3. The Hall–Kier alpha value is -2.55. The van der Waals surface area contributed by atoms with Crippen molar-refractivity contribution in [2.45, 2.75) is 73.3 Å². The molecule has 0 bridgehead atoms. The topological polar surface area (TPSA) is 55.8 Å². The molecule has 0 radical (unpaired) electrons. The molecule has 0 heterocycles. The molecule has 0 saturated heterocycles. The number of aliphatic carboxylic acids is 1. The summed E-state index contributed by atoms with van der Waals surface area (Å²) >= 11 is 0. The SMILES string of the molecule is C=C(C)C(=O)O.FC(F)(F)OC(F)(F)C(F)(F)OC(F)(F)C(F)(F)C(F)(F)C(F)(F)C(F)(F)C(F)(F)C(F)(F)C(F)(F)F. The van der Waals surface area contributed by atoms with Gasteiger partial charge in [0.25, 0.3) is 0 Å². The van der Waals surface area contributed by atoms with Crippen molar-refractivity contribution in [1.29, 1.82) is 0 Å². The minimum atomic E-state index is -9.27. The minimum Gasteiger partial charge on any atom is -0.478 e. The third-order valence-corrected chi connectivity index (χ3v) is 3.90. The van der Waals surface area contributed by atoms with Crippen LogP contribution in [-0.2, 0) is 14.3 Å². The van der Waals surface area contributed by atoms with E-state index in [4.69, 9.17) is 5.11 Å². The first-order chi connectivity index (χ1) is 18.1. The molecule has 0 saturated carbocycles. The molecule has 0 fully saturated rings. The molecule has 0 spiro atoms. The first-order valence-corrected chi connectivity index (χ1v) is 8.88. The smallest absolute Gasteiger partial charge is 0.478 e. The van der Waals surface area contributed by atoms with Crippen LogP contribution in [0.4, 0.5) is 105 Å². The van der Waals surface area contributed by atoms with Gasteiger partial charge in [0.05, 0.1) is 0 Å². The summed E-state index contributed by atoms with van der Waals surface area (Å²) in [5.41, 5.74) is 0.176. The monoisotopic (exact) mass is 706 g/mol. The molecule has 4 nitrogen and oxygen atoms in total. The summed E-state index contributed by atoms with van der Waals surface area (Å²) in [4.78, 5) is 9.60. The van der Waals surface area contributed by atoms with Crippen molar-refractivity contribution in [2.24, 2.45) is 0 Å². The van der Waals surface area contributed by atoms with E-state index in [2.05, 4.69) is 6.58 Å². The second kappa shape index (κ2) is 11.4. The Morgan fingerprint density at radius 1 is 0.465 bits per heavy atom. The van der Waals surface area contributed by atoms with Crippen molar-refractivity contribution in [1.82, 2.24) is 0 Å². The number of hydrogen-bond donors (Lipinski definition) is 1. The van der Waals surface area contributed by atoms with Gasteiger partial charge in [-0.25, -0.2) is 14.3 Å². The molecule has 0 unspecified atom stereocenters. The van der Waals surface area contributed by atoms with E-state index >= 15 is 0 Å². The molecule has 0 aromatic carbocycles. The van der Waals surface area contributed by atoms with Crippen LogP contribution in [0.1, 0.15) is 6.92 Å². The average molecular weight is 706 g/mol. The van der Waals surface area contributed by atoms with Gasteiger partial charge in [0.15, 0.2) is 0 Å². The fourth-order valence-electron chi connectivity index (χ4n) is 1.64. The molecule has 0 aliphatic rings. The lowest BCUT2D eigenvalue weighted by molar-refractivity contribution is -0.553. The van der Waals surface area contributed by atoms with E-state index in [1.165, 1.54) is 6.92 Å². The van der Waals surface area contributed by atoms with E-state index in [1.54, 1.807) is 0 Å². The lowest BCUT2D eigenvalue weighted by Gasteiger charge is -2.42. The molecule has 0 rings (SSSR count). The lowest BCUT2D eigenvalue weighted by atomic mass is 9.90. The summed E-state index contributed by atoms with van der Waals surface area (Å²) < 4.78 is 306. The Bertz CT molecular complexity index is 993. The maximum atomic E-state index is 13.3. The number of ether oxygens (including phenoxy) is 2. The number of halogens is 24. The van der Waals surface area contributed by atoms with Gasteiger partial charge in [-0.2, -0.15) is 92.2 Å². The third kappa shape index (κ3) is 7.58. The molecular weight excluding hydrogens is 700 g/mol. The second-order valence-electron chi connectivity index (χ2n) is 7.23. The predicted molar refractivity (Wildman–Crippen MR) is 81.3 cm³/mol. The van der Waals surface area contributed by atoms with Crippen LogP contribution >= 0.6 is 0 Å². The van der Waals surface area contributed by atoms with Gasteiger partial charge in [-0.3, -0.25) is 0 Å². The zero-order valence-corrected chi connectivity index (χ0v) is 19.0. The normalized spacial score (nSPS) is 15.6. The fourth-order valence-corrected chi connectivity index (χ4v) is 1.64. The Balaban J connectivity index is 0. The Labute approximate surface area is 217 Å². The zero-order chi connectivity index (χ0) is 36.1. The molecule has 258 valence electrons. The highest BCUT2D eigenvalue weighted by Crippen LogP contribution is 2.64. The van der Waals surface area contributed by atoms with E-state index < -0.39 is 72.4 Å². The van der Waals surface area contributed by atoms with Crippen molar-refractivity contribution < 1.29 is 125 Å². The maximum absolute atomic E-state index is 13.3. The van der Waals surface area contributed by atoms with E-state index in [0.717, 1.165) is 9.47 Å². The highest BCUT2D eigenvalue weighted by molar-refractivity contribution is 5.84. The van der Waals surface area contributed by atoms with Crippen molar-refractivity contribution in [3.63, 3.8) is 0 Å². The van der Waals surface area contributed by atoms with E-state index in [-0.39, 0.29) is 5.57 Å². The van der Waals surface area contributed by atoms with Crippen molar-refractivity contribution in [2.75, 3.05) is 0 Å². The maximum Gasteiger partial charge on any atom is 0.527 e. The molecular formula is C15H6F24O4. The molecule has 0 aromatic rings. The van der Waals surface area contributed by atoms with Gasteiger partial charge in [-0.05, 0) is 6.92 Å². The van der Waals surface area contributed by atoms with Crippen LogP contribution in [0.15, 0.2) is 12.2 Å². The van der Waals surface area contributed by atoms with Crippen LogP contribution in [0.2, 0.25) is 0 Å². The molecule has 0 aromatic heterocycles. The summed E-state index contributed by atoms with van der Waals surface area (Å²) in [5.74, 6) is -55.1. The predicted octanol–water partition coefficient (Wildman–Crippen LogP) is 8.34. The van der Waals surface area contributed by atoms with E-state index in [0.29, 0.717) is 0 Å². The van der Waals surface area contributed by atoms with Gasteiger partial charge in [0.2, 0.25) is 0 Å². The quantitative estimate of drug-likeness (QED) is 0.174. The molecule has 28 heteroatoms. The number of carboxylic acid groups (broad SMARTS) is 1. The van der Waals surface area contributed by atoms with Gasteiger partial charge >= 0.3 is 72.4 Å². The molecule has 0 amide bonds. The molecule has 0 atom stereocenters. The van der Waals surface area contributed by atoms with Crippen LogP contribution in [0.25, 0.3) is 0 Å². The highest BCUT2D eigenvalue weighted by atomic mass is 19.4. The number of carbonyl (C=O) groups is 1. The summed E-state index contributed by atoms with van der Waals surface area (Å²) in [6, 6.07) is 0. The lowest BCUT2D eigenvalue weighted by Crippen LogP contribution is -2.75. The first-order valence-electron chi connectivity index (χ1n) is 8.88. The van der Waals surface area contributed by atoms with Crippen LogP contribution in [-0.4, -0.2) is 77.5 Å². The van der Waals surface area contributed by atoms with Crippen LogP contribution < -0.4 is 0 Å². The zero-order valence-electron chi connectivity index (χ0n) is 19.0. The number of carboxylic acids is 1. The van der Waals surface area contributed by atoms with Crippen molar-refractivity contribution >= 4 is 5.97 Å². The van der Waals surface area contributed by atoms with Gasteiger partial charge < -0.3 is 5.11 Å². The average Bonchev–Trinajstić information content (AvgIpc) is 2.69. The summed E-state index contributed by atoms with van der Waals surface area (Å²) in [5, 5.41) is 7.89. The van der Waals surface area contributed by atoms with Gasteiger partial charge in [-0.1, -0.05) is 6.58 Å². The number of hydrogen-bond acceptors (Lipinski definition) is 3. The van der Waals surface area contributed by atoms with Gasteiger partial charge in [-0.15, -0.1) is 13.2 Å². The van der Waals surface area contributed by atoms with Crippen LogP contribution in [0.3, 0.4) is 0 Å². The van der Waals surface area contributed by atoms with Crippen molar-refractivity contribution in [3.8, 4) is 0 Å². The molecule has 1 N–H and O–H groups in total. The van der Waals surface area contributed by atoms with Crippen LogP contribution in [0.5, 0.6) is 0 Å². The standard InChI is InChI=1S/C11F24O2.C4H6O2/c12-1(13,3(16,17)5(20,21)7(24,25)26)2(14,15)4(18,19)6(22,23)8(27,28)36-9(29,30)10(31,32)37-11(33,34)35;1-3(2)4(5)6/h;1H2,2H3,(H,5,6). The second-order valence-corrected chi connectivity index (χ2v) is 7.23. The van der Waals surface area contributed by atoms with Gasteiger partial charge in [0, 0.05) is 5.57 Å². The summed E-state index contributed by atoms with van der Waals surface area (Å²) in [6.45, 7) is 4.60. The number of rotatable bonds is 11. The van der Waals surface area contributed by atoms with Gasteiger partial charge in [0.1, 0.15) is 0 Å². The summed E-state index contributed by atoms with van der Waals surface area (Å²) in [7, 11) is 0. The highest BCUT2D eigenvalue weighted by Gasteiger charge is 2.96. The van der Waals surface area contributed by atoms with Crippen molar-refractivity contribution in [3.05, 3.63) is 12.2 Å². The van der Waals surface area contributed by atoms with E-state index in [9.17, 15) is 110 Å².